The second kappa shape index (κ2) is 8.89. The Hall–Kier alpha value is -3.19. The molecule has 1 atom stereocenters. The first-order valence-electron chi connectivity index (χ1n) is 10.8. The summed E-state index contributed by atoms with van der Waals surface area (Å²) in [6.07, 6.45) is 0.421. The number of rotatable bonds is 6. The molecule has 2 saturated heterocycles. The normalized spacial score (nSPS) is 22.0. The van der Waals surface area contributed by atoms with Gasteiger partial charge in [0.2, 0.25) is 5.91 Å². The highest BCUT2D eigenvalue weighted by atomic mass is 16.2. The molecule has 2 aliphatic rings. The number of carbonyl (C=O) groups is 3. The first-order chi connectivity index (χ1) is 15.0. The highest BCUT2D eigenvalue weighted by Crippen LogP contribution is 2.32. The lowest BCUT2D eigenvalue weighted by Crippen LogP contribution is -2.51. The summed E-state index contributed by atoms with van der Waals surface area (Å²) in [6.45, 7) is 5.21. The molecule has 0 saturated carbocycles. The zero-order chi connectivity index (χ0) is 21.8. The quantitative estimate of drug-likeness (QED) is 0.727. The van der Waals surface area contributed by atoms with Crippen LogP contribution in [0.25, 0.3) is 0 Å². The van der Waals surface area contributed by atoms with Gasteiger partial charge in [0, 0.05) is 32.7 Å². The number of imide groups is 1. The fourth-order valence-corrected chi connectivity index (χ4v) is 4.36. The average Bonchev–Trinajstić information content (AvgIpc) is 3.06. The molecule has 162 valence electrons. The number of benzene rings is 2. The van der Waals surface area contributed by atoms with E-state index in [4.69, 9.17) is 0 Å². The molecule has 0 aromatic heterocycles. The van der Waals surface area contributed by atoms with E-state index in [1.807, 2.05) is 55.5 Å². The van der Waals surface area contributed by atoms with Crippen LogP contribution in [0, 0.1) is 0 Å². The zero-order valence-corrected chi connectivity index (χ0v) is 17.8. The molecule has 2 heterocycles. The molecule has 7 heteroatoms. The third-order valence-electron chi connectivity index (χ3n) is 6.24. The predicted octanol–water partition coefficient (Wildman–Crippen LogP) is 2.19. The number of hydrogen-bond donors (Lipinski definition) is 1. The molecule has 0 bridgehead atoms. The summed E-state index contributed by atoms with van der Waals surface area (Å²) in [5.41, 5.74) is 0.881. The number of hydrogen-bond acceptors (Lipinski definition) is 4. The molecule has 4 rings (SSSR count). The molecule has 2 aromatic carbocycles. The molecule has 2 aromatic rings. The average molecular weight is 421 g/mol. The number of piperazine rings is 1. The molecule has 1 N–H and O–H groups in total. The minimum absolute atomic E-state index is 0.192. The van der Waals surface area contributed by atoms with Crippen LogP contribution in [-0.2, 0) is 21.7 Å². The van der Waals surface area contributed by atoms with E-state index >= 15 is 0 Å². The van der Waals surface area contributed by atoms with Crippen LogP contribution >= 0.6 is 0 Å². The van der Waals surface area contributed by atoms with Crippen molar-refractivity contribution in [3.05, 3.63) is 71.8 Å². The standard InChI is InChI=1S/C24H28N4O3/c1-2-24(20-11-7-4-8-12-20)22(30)28(23(31)25-24)18-21(29)27-15-13-26(14-16-27)17-19-9-5-3-6-10-19/h3-12H,2,13-18H2,1H3,(H,25,31)/t24-/m0/s1. The van der Waals surface area contributed by atoms with Gasteiger partial charge in [0.1, 0.15) is 12.1 Å². The van der Waals surface area contributed by atoms with Crippen molar-refractivity contribution in [2.24, 2.45) is 0 Å². The Labute approximate surface area is 182 Å². The minimum atomic E-state index is -1.10. The summed E-state index contributed by atoms with van der Waals surface area (Å²) in [6, 6.07) is 19.0. The molecule has 31 heavy (non-hydrogen) atoms. The highest BCUT2D eigenvalue weighted by molar-refractivity contribution is 6.09. The Bertz CT molecular complexity index is 942. The summed E-state index contributed by atoms with van der Waals surface area (Å²) in [7, 11) is 0. The largest absolute Gasteiger partial charge is 0.339 e. The smallest absolute Gasteiger partial charge is 0.325 e. The van der Waals surface area contributed by atoms with Crippen molar-refractivity contribution < 1.29 is 14.4 Å². The maximum atomic E-state index is 13.2. The number of amides is 4. The molecule has 4 amide bonds. The summed E-state index contributed by atoms with van der Waals surface area (Å²) >= 11 is 0. The Kier molecular flexibility index (Phi) is 6.04. The molecule has 0 spiro atoms. The maximum Gasteiger partial charge on any atom is 0.325 e. The second-order valence-corrected chi connectivity index (χ2v) is 8.09. The molecular weight excluding hydrogens is 392 g/mol. The van der Waals surface area contributed by atoms with Gasteiger partial charge in [0.05, 0.1) is 0 Å². The summed E-state index contributed by atoms with van der Waals surface area (Å²) in [4.78, 5) is 43.8. The van der Waals surface area contributed by atoms with E-state index in [-0.39, 0.29) is 18.4 Å². The molecule has 7 nitrogen and oxygen atoms in total. The van der Waals surface area contributed by atoms with E-state index in [9.17, 15) is 14.4 Å². The maximum absolute atomic E-state index is 13.2. The summed E-state index contributed by atoms with van der Waals surface area (Å²) in [5.74, 6) is -0.551. The van der Waals surface area contributed by atoms with Gasteiger partial charge in [-0.3, -0.25) is 19.4 Å². The molecule has 0 radical (unpaired) electrons. The molecular formula is C24H28N4O3. The van der Waals surface area contributed by atoms with Crippen molar-refractivity contribution in [2.75, 3.05) is 32.7 Å². The van der Waals surface area contributed by atoms with E-state index in [2.05, 4.69) is 22.3 Å². The number of urea groups is 1. The van der Waals surface area contributed by atoms with Crippen LogP contribution in [0.4, 0.5) is 4.79 Å². The van der Waals surface area contributed by atoms with E-state index < -0.39 is 11.6 Å². The van der Waals surface area contributed by atoms with Gasteiger partial charge in [-0.2, -0.15) is 0 Å². The van der Waals surface area contributed by atoms with Gasteiger partial charge in [0.25, 0.3) is 5.91 Å². The van der Waals surface area contributed by atoms with Crippen LogP contribution in [0.1, 0.15) is 24.5 Å². The number of nitrogens with zero attached hydrogens (tertiary/aromatic N) is 3. The van der Waals surface area contributed by atoms with Gasteiger partial charge in [0.15, 0.2) is 0 Å². The van der Waals surface area contributed by atoms with Gasteiger partial charge in [-0.25, -0.2) is 4.79 Å². The fraction of sp³-hybridized carbons (Fsp3) is 0.375. The summed E-state index contributed by atoms with van der Waals surface area (Å²) < 4.78 is 0. The van der Waals surface area contributed by atoms with Crippen LogP contribution in [0.2, 0.25) is 0 Å². The lowest BCUT2D eigenvalue weighted by molar-refractivity contribution is -0.140. The molecule has 2 fully saturated rings. The Morgan fingerprint density at radius 1 is 0.935 bits per heavy atom. The van der Waals surface area contributed by atoms with Crippen LogP contribution < -0.4 is 5.32 Å². The topological polar surface area (TPSA) is 73.0 Å². The van der Waals surface area contributed by atoms with E-state index in [0.717, 1.165) is 30.1 Å². The Morgan fingerprint density at radius 3 is 2.16 bits per heavy atom. The van der Waals surface area contributed by atoms with Crippen molar-refractivity contribution in [1.29, 1.82) is 0 Å². The Balaban J connectivity index is 1.37. The zero-order valence-electron chi connectivity index (χ0n) is 17.8. The van der Waals surface area contributed by atoms with Crippen molar-refractivity contribution >= 4 is 17.8 Å². The SMILES string of the molecule is CC[C@@]1(c2ccccc2)NC(=O)N(CC(=O)N2CCN(Cc3ccccc3)CC2)C1=O. The third kappa shape index (κ3) is 4.18. The van der Waals surface area contributed by atoms with Gasteiger partial charge >= 0.3 is 6.03 Å². The van der Waals surface area contributed by atoms with Crippen molar-refractivity contribution in [3.63, 3.8) is 0 Å². The molecule has 0 aliphatic carbocycles. The summed E-state index contributed by atoms with van der Waals surface area (Å²) in [5, 5.41) is 2.83. The van der Waals surface area contributed by atoms with E-state index in [1.54, 1.807) is 4.90 Å². The third-order valence-corrected chi connectivity index (χ3v) is 6.24. The molecule has 2 aliphatic heterocycles. The van der Waals surface area contributed by atoms with E-state index in [0.29, 0.717) is 19.5 Å². The van der Waals surface area contributed by atoms with Crippen molar-refractivity contribution in [2.45, 2.75) is 25.4 Å². The van der Waals surface area contributed by atoms with Crippen LogP contribution in [-0.4, -0.2) is 65.3 Å². The monoisotopic (exact) mass is 420 g/mol. The second-order valence-electron chi connectivity index (χ2n) is 8.09. The predicted molar refractivity (Wildman–Crippen MR) is 117 cm³/mol. The van der Waals surface area contributed by atoms with E-state index in [1.165, 1.54) is 5.56 Å². The van der Waals surface area contributed by atoms with Gasteiger partial charge in [-0.15, -0.1) is 0 Å². The number of carbonyl (C=O) groups excluding carboxylic acids is 3. The number of nitrogens with one attached hydrogen (secondary N) is 1. The Morgan fingerprint density at radius 2 is 1.55 bits per heavy atom. The minimum Gasteiger partial charge on any atom is -0.339 e. The fourth-order valence-electron chi connectivity index (χ4n) is 4.36. The van der Waals surface area contributed by atoms with Crippen LogP contribution in [0.15, 0.2) is 60.7 Å². The highest BCUT2D eigenvalue weighted by Gasteiger charge is 2.51. The van der Waals surface area contributed by atoms with Crippen molar-refractivity contribution in [3.8, 4) is 0 Å². The van der Waals surface area contributed by atoms with Crippen LogP contribution in [0.5, 0.6) is 0 Å². The lowest BCUT2D eigenvalue weighted by Gasteiger charge is -2.35. The van der Waals surface area contributed by atoms with Gasteiger partial charge < -0.3 is 10.2 Å². The molecule has 0 unspecified atom stereocenters. The van der Waals surface area contributed by atoms with Crippen LogP contribution in [0.3, 0.4) is 0 Å². The lowest BCUT2D eigenvalue weighted by atomic mass is 9.87. The van der Waals surface area contributed by atoms with Gasteiger partial charge in [-0.1, -0.05) is 67.6 Å². The first kappa shape index (κ1) is 21.1. The first-order valence-corrected chi connectivity index (χ1v) is 10.8. The van der Waals surface area contributed by atoms with Gasteiger partial charge in [-0.05, 0) is 17.5 Å². The van der Waals surface area contributed by atoms with Crippen molar-refractivity contribution in [1.82, 2.24) is 20.0 Å².